The molecule has 35 heavy (non-hydrogen) atoms. The second-order valence-electron chi connectivity index (χ2n) is 10.7. The molecular weight excluding hydrogens is 458 g/mol. The van der Waals surface area contributed by atoms with Crippen molar-refractivity contribution in [3.63, 3.8) is 0 Å². The maximum Gasteiger partial charge on any atom is 0.347 e. The molecule has 3 heterocycles. The lowest BCUT2D eigenvalue weighted by Crippen LogP contribution is -2.48. The highest BCUT2D eigenvalue weighted by Crippen LogP contribution is 2.42. The Morgan fingerprint density at radius 1 is 1.06 bits per heavy atom. The van der Waals surface area contributed by atoms with Crippen LogP contribution in [-0.2, 0) is 12.0 Å². The topological polar surface area (TPSA) is 65.9 Å². The molecule has 3 aromatic rings. The van der Waals surface area contributed by atoms with Crippen LogP contribution < -0.4 is 14.5 Å². The highest BCUT2D eigenvalue weighted by atomic mass is 32.1. The van der Waals surface area contributed by atoms with Gasteiger partial charge in [0, 0.05) is 45.4 Å². The van der Waals surface area contributed by atoms with Crippen molar-refractivity contribution < 1.29 is 14.6 Å². The van der Waals surface area contributed by atoms with E-state index in [4.69, 9.17) is 4.74 Å². The van der Waals surface area contributed by atoms with E-state index in [1.54, 1.807) is 0 Å². The molecule has 184 valence electrons. The van der Waals surface area contributed by atoms with Crippen LogP contribution in [-0.4, -0.2) is 41.3 Å². The first-order valence-corrected chi connectivity index (χ1v) is 13.1. The average molecular weight is 492 g/mol. The van der Waals surface area contributed by atoms with Gasteiger partial charge in [-0.1, -0.05) is 68.5 Å². The number of fused-ring (bicyclic) bond motifs is 1. The molecule has 1 fully saturated rings. The molecule has 1 spiro atoms. The van der Waals surface area contributed by atoms with Crippen LogP contribution in [0.4, 0.5) is 10.8 Å². The minimum atomic E-state index is -0.918. The number of hydrogen-bond acceptors (Lipinski definition) is 6. The van der Waals surface area contributed by atoms with Crippen LogP contribution in [0.5, 0.6) is 5.75 Å². The van der Waals surface area contributed by atoms with Gasteiger partial charge in [-0.05, 0) is 28.7 Å². The summed E-state index contributed by atoms with van der Waals surface area (Å²) in [6.07, 6.45) is 4.18. The number of carbonyl (C=O) groups is 1. The van der Waals surface area contributed by atoms with Crippen molar-refractivity contribution in [3.05, 3.63) is 70.7 Å². The summed E-state index contributed by atoms with van der Waals surface area (Å²) in [7, 11) is 0. The van der Waals surface area contributed by atoms with Gasteiger partial charge in [0.05, 0.1) is 11.9 Å². The first-order chi connectivity index (χ1) is 16.7. The lowest BCUT2D eigenvalue weighted by atomic mass is 9.86. The van der Waals surface area contributed by atoms with Crippen LogP contribution in [0.3, 0.4) is 0 Å². The minimum Gasteiger partial charge on any atom is -0.485 e. The Kier molecular flexibility index (Phi) is 6.21. The summed E-state index contributed by atoms with van der Waals surface area (Å²) in [6, 6.07) is 17.4. The van der Waals surface area contributed by atoms with E-state index in [2.05, 4.69) is 78.0 Å². The van der Waals surface area contributed by atoms with Crippen LogP contribution in [0.25, 0.3) is 0 Å². The molecule has 1 aromatic heterocycles. The van der Waals surface area contributed by atoms with E-state index in [0.29, 0.717) is 0 Å². The number of hydrogen-bond donors (Lipinski definition) is 1. The third-order valence-electron chi connectivity index (χ3n) is 7.21. The molecule has 0 amide bonds. The van der Waals surface area contributed by atoms with Crippen molar-refractivity contribution in [1.82, 2.24) is 4.98 Å². The number of piperidine rings is 1. The molecule has 0 radical (unpaired) electrons. The van der Waals surface area contributed by atoms with Crippen LogP contribution in [0.1, 0.15) is 60.8 Å². The maximum absolute atomic E-state index is 11.2. The van der Waals surface area contributed by atoms with Gasteiger partial charge >= 0.3 is 5.97 Å². The summed E-state index contributed by atoms with van der Waals surface area (Å²) >= 11 is 1.25. The summed E-state index contributed by atoms with van der Waals surface area (Å²) in [5, 5.41) is 10.0. The Morgan fingerprint density at radius 3 is 2.40 bits per heavy atom. The first-order valence-electron chi connectivity index (χ1n) is 12.3. The molecule has 0 bridgehead atoms. The highest BCUT2D eigenvalue weighted by Gasteiger charge is 2.40. The highest BCUT2D eigenvalue weighted by molar-refractivity contribution is 7.17. The molecule has 6 nitrogen and oxygen atoms in total. The number of carboxylic acid groups (broad SMARTS) is 1. The van der Waals surface area contributed by atoms with Crippen LogP contribution in [0.15, 0.2) is 54.7 Å². The Hall–Kier alpha value is -3.06. The predicted octanol–water partition coefficient (Wildman–Crippen LogP) is 5.97. The normalized spacial score (nSPS) is 17.6. The van der Waals surface area contributed by atoms with Gasteiger partial charge in [0.15, 0.2) is 5.13 Å². The van der Waals surface area contributed by atoms with Crippen LogP contribution in [0, 0.1) is 0 Å². The molecule has 1 N–H and O–H groups in total. The van der Waals surface area contributed by atoms with Crippen molar-refractivity contribution in [2.75, 3.05) is 29.4 Å². The molecule has 1 saturated heterocycles. The van der Waals surface area contributed by atoms with E-state index in [1.165, 1.54) is 28.7 Å². The molecule has 7 heteroatoms. The molecule has 5 rings (SSSR count). The summed E-state index contributed by atoms with van der Waals surface area (Å²) in [5.74, 6) is 0.0336. The predicted molar refractivity (Wildman–Crippen MR) is 141 cm³/mol. The van der Waals surface area contributed by atoms with Gasteiger partial charge in [-0.2, -0.15) is 0 Å². The molecule has 2 aromatic carbocycles. The Balaban J connectivity index is 1.31. The fourth-order valence-corrected chi connectivity index (χ4v) is 5.82. The van der Waals surface area contributed by atoms with Crippen molar-refractivity contribution in [2.45, 2.75) is 57.6 Å². The maximum atomic E-state index is 11.2. The lowest BCUT2D eigenvalue weighted by Gasteiger charge is -2.41. The van der Waals surface area contributed by atoms with E-state index >= 15 is 0 Å². The van der Waals surface area contributed by atoms with Gasteiger partial charge in [0.2, 0.25) is 0 Å². The van der Waals surface area contributed by atoms with Crippen LogP contribution >= 0.6 is 11.3 Å². The molecule has 0 unspecified atom stereocenters. The zero-order chi connectivity index (χ0) is 24.6. The number of nitrogens with zero attached hydrogens (tertiary/aromatic N) is 3. The fraction of sp³-hybridized carbons (Fsp3) is 0.429. The van der Waals surface area contributed by atoms with Crippen molar-refractivity contribution in [1.29, 1.82) is 0 Å². The summed E-state index contributed by atoms with van der Waals surface area (Å²) in [6.45, 7) is 10.1. The van der Waals surface area contributed by atoms with Gasteiger partial charge in [0.25, 0.3) is 0 Å². The van der Waals surface area contributed by atoms with Crippen LogP contribution in [0.2, 0.25) is 0 Å². The lowest BCUT2D eigenvalue weighted by molar-refractivity contribution is 0.0411. The molecule has 0 aliphatic carbocycles. The Morgan fingerprint density at radius 2 is 1.74 bits per heavy atom. The number of rotatable bonds is 4. The molecule has 2 aliphatic rings. The summed E-state index contributed by atoms with van der Waals surface area (Å²) < 4.78 is 6.77. The van der Waals surface area contributed by atoms with Gasteiger partial charge < -0.3 is 19.6 Å². The second kappa shape index (κ2) is 9.19. The second-order valence-corrected chi connectivity index (χ2v) is 11.7. The number of carboxylic acids is 1. The third kappa shape index (κ3) is 5.01. The van der Waals surface area contributed by atoms with Gasteiger partial charge in [-0.15, -0.1) is 0 Å². The largest absolute Gasteiger partial charge is 0.485 e. The standard InChI is InChI=1S/C28H33N3O3S/c1-27(2,3)21-10-8-20(9-11-21)19-31-17-14-28(34-23-7-5-4-6-22(23)31)12-15-30(16-13-28)26-29-18-24(35-26)25(32)33/h4-11,18H,12-17,19H2,1-3H3,(H,32,33). The van der Waals surface area contributed by atoms with Crippen molar-refractivity contribution >= 4 is 28.1 Å². The van der Waals surface area contributed by atoms with Gasteiger partial charge in [-0.3, -0.25) is 0 Å². The molecule has 0 atom stereocenters. The Bertz CT molecular complexity index is 1190. The monoisotopic (exact) mass is 491 g/mol. The zero-order valence-corrected chi connectivity index (χ0v) is 21.5. The number of aromatic carboxylic acids is 1. The first kappa shape index (κ1) is 23.7. The third-order valence-corrected chi connectivity index (χ3v) is 8.26. The van der Waals surface area contributed by atoms with E-state index in [0.717, 1.165) is 62.0 Å². The SMILES string of the molecule is CC(C)(C)c1ccc(CN2CCC3(CCN(c4ncc(C(=O)O)s4)CC3)Oc3ccccc32)cc1. The van der Waals surface area contributed by atoms with Gasteiger partial charge in [-0.25, -0.2) is 9.78 Å². The van der Waals surface area contributed by atoms with Crippen molar-refractivity contribution in [3.8, 4) is 5.75 Å². The van der Waals surface area contributed by atoms with E-state index in [9.17, 15) is 9.90 Å². The number of thiazole rings is 1. The number of aromatic nitrogens is 1. The number of ether oxygens (including phenoxy) is 1. The molecule has 2 aliphatic heterocycles. The molecular formula is C28H33N3O3S. The van der Waals surface area contributed by atoms with E-state index in [-0.39, 0.29) is 15.9 Å². The minimum absolute atomic E-state index is 0.149. The smallest absolute Gasteiger partial charge is 0.347 e. The van der Waals surface area contributed by atoms with Crippen molar-refractivity contribution in [2.24, 2.45) is 0 Å². The number of para-hydroxylation sites is 2. The quantitative estimate of drug-likeness (QED) is 0.485. The fourth-order valence-electron chi connectivity index (χ4n) is 5.01. The Labute approximate surface area is 211 Å². The summed E-state index contributed by atoms with van der Waals surface area (Å²) in [4.78, 5) is 20.5. The zero-order valence-electron chi connectivity index (χ0n) is 20.7. The molecule has 0 saturated carbocycles. The van der Waals surface area contributed by atoms with Gasteiger partial charge in [0.1, 0.15) is 16.2 Å². The number of benzene rings is 2. The van der Waals surface area contributed by atoms with E-state index in [1.807, 2.05) is 6.07 Å². The summed E-state index contributed by atoms with van der Waals surface area (Å²) in [5.41, 5.74) is 3.73. The number of anilines is 2. The average Bonchev–Trinajstić information content (AvgIpc) is 3.28. The van der Waals surface area contributed by atoms with E-state index < -0.39 is 5.97 Å².